The Bertz CT molecular complexity index is 715. The van der Waals surface area contributed by atoms with Crippen LogP contribution in [0.15, 0.2) is 48.5 Å². The molecule has 0 spiro atoms. The molecule has 1 heterocycles. The molecule has 0 aliphatic carbocycles. The first kappa shape index (κ1) is 17.6. The van der Waals surface area contributed by atoms with Gasteiger partial charge in [-0.2, -0.15) is 0 Å². The predicted octanol–water partition coefficient (Wildman–Crippen LogP) is 3.35. The quantitative estimate of drug-likeness (QED) is 0.845. The van der Waals surface area contributed by atoms with E-state index >= 15 is 0 Å². The van der Waals surface area contributed by atoms with Crippen LogP contribution in [0.25, 0.3) is 0 Å². The minimum absolute atomic E-state index is 0.137. The van der Waals surface area contributed by atoms with Crippen molar-refractivity contribution in [2.24, 2.45) is 0 Å². The summed E-state index contributed by atoms with van der Waals surface area (Å²) in [6.45, 7) is 4.02. The van der Waals surface area contributed by atoms with Gasteiger partial charge in [-0.3, -0.25) is 4.90 Å². The van der Waals surface area contributed by atoms with Gasteiger partial charge in [0.05, 0.1) is 7.11 Å². The molecule has 0 bridgehead atoms. The summed E-state index contributed by atoms with van der Waals surface area (Å²) >= 11 is 5.51. The Hall–Kier alpha value is -2.18. The molecule has 1 fully saturated rings. The molecule has 1 N–H and O–H groups in total. The lowest BCUT2D eigenvalue weighted by atomic mass is 10.2. The zero-order chi connectivity index (χ0) is 17.6. The molecule has 0 saturated carbocycles. The van der Waals surface area contributed by atoms with Crippen LogP contribution in [0.5, 0.6) is 5.75 Å². The summed E-state index contributed by atoms with van der Waals surface area (Å²) in [7, 11) is 1.65. The summed E-state index contributed by atoms with van der Waals surface area (Å²) in [4.78, 5) is 4.41. The number of rotatable bonds is 4. The van der Waals surface area contributed by atoms with Gasteiger partial charge >= 0.3 is 0 Å². The van der Waals surface area contributed by atoms with Crippen LogP contribution in [0.1, 0.15) is 5.56 Å². The van der Waals surface area contributed by atoms with Gasteiger partial charge in [0.2, 0.25) is 0 Å². The van der Waals surface area contributed by atoms with E-state index in [4.69, 9.17) is 17.0 Å². The van der Waals surface area contributed by atoms with Crippen LogP contribution in [0.4, 0.5) is 10.1 Å². The molecule has 1 aliphatic heterocycles. The van der Waals surface area contributed by atoms with Crippen molar-refractivity contribution in [1.29, 1.82) is 0 Å². The summed E-state index contributed by atoms with van der Waals surface area (Å²) in [6, 6.07) is 14.6. The fraction of sp³-hybridized carbons (Fsp3) is 0.316. The Balaban J connectivity index is 1.49. The molecule has 2 aromatic carbocycles. The van der Waals surface area contributed by atoms with Crippen molar-refractivity contribution in [2.45, 2.75) is 6.54 Å². The van der Waals surface area contributed by atoms with E-state index in [2.05, 4.69) is 15.1 Å². The average molecular weight is 359 g/mol. The summed E-state index contributed by atoms with van der Waals surface area (Å²) in [5, 5.41) is 3.98. The average Bonchev–Trinajstić information content (AvgIpc) is 2.65. The van der Waals surface area contributed by atoms with Crippen molar-refractivity contribution in [3.8, 4) is 5.75 Å². The van der Waals surface area contributed by atoms with E-state index in [1.165, 1.54) is 6.07 Å². The van der Waals surface area contributed by atoms with Crippen LogP contribution in [0.2, 0.25) is 0 Å². The number of nitrogens with one attached hydrogen (secondary N) is 1. The van der Waals surface area contributed by atoms with Gasteiger partial charge in [-0.1, -0.05) is 18.2 Å². The van der Waals surface area contributed by atoms with Crippen molar-refractivity contribution in [3.05, 3.63) is 59.9 Å². The topological polar surface area (TPSA) is 27.7 Å². The number of hydrogen-bond donors (Lipinski definition) is 1. The van der Waals surface area contributed by atoms with Gasteiger partial charge in [-0.15, -0.1) is 0 Å². The number of anilines is 1. The number of ether oxygens (including phenoxy) is 1. The second-order valence-corrected chi connectivity index (χ2v) is 6.40. The molecular weight excluding hydrogens is 337 g/mol. The van der Waals surface area contributed by atoms with Gasteiger partial charge < -0.3 is 15.0 Å². The third-order valence-electron chi connectivity index (χ3n) is 4.35. The lowest BCUT2D eigenvalue weighted by molar-refractivity contribution is 0.175. The first-order valence-electron chi connectivity index (χ1n) is 8.31. The van der Waals surface area contributed by atoms with Crippen LogP contribution in [-0.4, -0.2) is 48.2 Å². The molecule has 1 saturated heterocycles. The minimum atomic E-state index is -0.137. The van der Waals surface area contributed by atoms with E-state index < -0.39 is 0 Å². The van der Waals surface area contributed by atoms with E-state index in [1.807, 2.05) is 36.4 Å². The summed E-state index contributed by atoms with van der Waals surface area (Å²) in [5.74, 6) is 0.680. The molecule has 2 aromatic rings. The fourth-order valence-electron chi connectivity index (χ4n) is 2.85. The predicted molar refractivity (Wildman–Crippen MR) is 102 cm³/mol. The van der Waals surface area contributed by atoms with E-state index in [1.54, 1.807) is 13.2 Å². The number of nitrogens with zero attached hydrogens (tertiary/aromatic N) is 2. The fourth-order valence-corrected chi connectivity index (χ4v) is 3.15. The van der Waals surface area contributed by atoms with Crippen LogP contribution < -0.4 is 10.1 Å². The van der Waals surface area contributed by atoms with E-state index in [0.29, 0.717) is 6.54 Å². The van der Waals surface area contributed by atoms with Crippen LogP contribution in [-0.2, 0) is 6.54 Å². The first-order chi connectivity index (χ1) is 12.2. The molecule has 3 rings (SSSR count). The Morgan fingerprint density at radius 2 is 1.76 bits per heavy atom. The monoisotopic (exact) mass is 359 g/mol. The van der Waals surface area contributed by atoms with Gasteiger partial charge in [0.25, 0.3) is 0 Å². The van der Waals surface area contributed by atoms with Gasteiger partial charge in [0.15, 0.2) is 5.11 Å². The highest BCUT2D eigenvalue weighted by molar-refractivity contribution is 7.80. The molecule has 0 aromatic heterocycles. The van der Waals surface area contributed by atoms with E-state index in [-0.39, 0.29) is 5.82 Å². The van der Waals surface area contributed by atoms with Gasteiger partial charge in [-0.25, -0.2) is 4.39 Å². The van der Waals surface area contributed by atoms with Crippen molar-refractivity contribution in [3.63, 3.8) is 0 Å². The lowest BCUT2D eigenvalue weighted by Crippen LogP contribution is -2.49. The van der Waals surface area contributed by atoms with Crippen molar-refractivity contribution < 1.29 is 9.13 Å². The maximum Gasteiger partial charge on any atom is 0.173 e. The molecule has 132 valence electrons. The number of thiocarbonyl (C=S) groups is 1. The minimum Gasteiger partial charge on any atom is -0.497 e. The zero-order valence-electron chi connectivity index (χ0n) is 14.2. The number of benzene rings is 2. The van der Waals surface area contributed by atoms with Crippen LogP contribution in [0.3, 0.4) is 0 Å². The number of hydrogen-bond acceptors (Lipinski definition) is 3. The first-order valence-corrected chi connectivity index (χ1v) is 8.72. The van der Waals surface area contributed by atoms with Crippen molar-refractivity contribution in [2.75, 3.05) is 38.6 Å². The van der Waals surface area contributed by atoms with E-state index in [9.17, 15) is 4.39 Å². The second kappa shape index (κ2) is 8.27. The highest BCUT2D eigenvalue weighted by Gasteiger charge is 2.19. The Kier molecular flexibility index (Phi) is 5.83. The SMILES string of the molecule is COc1ccc(NC(=S)N2CCN(Cc3ccccc3F)CC2)cc1. The van der Waals surface area contributed by atoms with Crippen molar-refractivity contribution >= 4 is 23.0 Å². The molecule has 0 radical (unpaired) electrons. The molecule has 4 nitrogen and oxygen atoms in total. The maximum atomic E-state index is 13.8. The number of methoxy groups -OCH3 is 1. The van der Waals surface area contributed by atoms with Crippen LogP contribution >= 0.6 is 12.2 Å². The van der Waals surface area contributed by atoms with Crippen molar-refractivity contribution in [1.82, 2.24) is 9.80 Å². The Morgan fingerprint density at radius 1 is 1.08 bits per heavy atom. The number of halogens is 1. The normalized spacial score (nSPS) is 15.0. The Labute approximate surface area is 153 Å². The highest BCUT2D eigenvalue weighted by Crippen LogP contribution is 2.16. The second-order valence-electron chi connectivity index (χ2n) is 6.01. The molecule has 0 amide bonds. The lowest BCUT2D eigenvalue weighted by Gasteiger charge is -2.36. The maximum absolute atomic E-state index is 13.8. The standard InChI is InChI=1S/C19H22FN3OS/c1-24-17-8-6-16(7-9-17)21-19(25)23-12-10-22(11-13-23)14-15-4-2-3-5-18(15)20/h2-9H,10-14H2,1H3,(H,21,25). The molecule has 1 aliphatic rings. The summed E-state index contributed by atoms with van der Waals surface area (Å²) in [5.41, 5.74) is 1.69. The third kappa shape index (κ3) is 4.67. The zero-order valence-corrected chi connectivity index (χ0v) is 15.1. The largest absolute Gasteiger partial charge is 0.497 e. The highest BCUT2D eigenvalue weighted by atomic mass is 32.1. The molecule has 0 unspecified atom stereocenters. The number of piperazine rings is 1. The molecular formula is C19H22FN3OS. The van der Waals surface area contributed by atoms with Gasteiger partial charge in [-0.05, 0) is 42.5 Å². The summed E-state index contributed by atoms with van der Waals surface area (Å²) in [6.07, 6.45) is 0. The molecule has 25 heavy (non-hydrogen) atoms. The Morgan fingerprint density at radius 3 is 2.40 bits per heavy atom. The van der Waals surface area contributed by atoms with Crippen LogP contribution in [0, 0.1) is 5.82 Å². The third-order valence-corrected chi connectivity index (χ3v) is 4.71. The van der Waals surface area contributed by atoms with E-state index in [0.717, 1.165) is 48.3 Å². The summed E-state index contributed by atoms with van der Waals surface area (Å²) < 4.78 is 18.9. The molecule has 6 heteroatoms. The van der Waals surface area contributed by atoms with Gasteiger partial charge in [0.1, 0.15) is 11.6 Å². The molecule has 0 atom stereocenters. The smallest absolute Gasteiger partial charge is 0.173 e. The van der Waals surface area contributed by atoms with Gasteiger partial charge in [0, 0.05) is 44.0 Å².